The van der Waals surface area contributed by atoms with Gasteiger partial charge in [-0.05, 0) is 19.8 Å². The summed E-state index contributed by atoms with van der Waals surface area (Å²) in [5.41, 5.74) is 0. The molecule has 96 valence electrons. The molecule has 0 saturated carbocycles. The molecule has 0 aliphatic rings. The highest BCUT2D eigenvalue weighted by Crippen LogP contribution is 2.09. The molecule has 6 nitrogen and oxygen atoms in total. The van der Waals surface area contributed by atoms with Crippen molar-refractivity contribution in [1.29, 1.82) is 0 Å². The number of aromatic nitrogens is 2. The number of carbonyl (C=O) groups is 1. The van der Waals surface area contributed by atoms with Crippen LogP contribution >= 0.6 is 0 Å². The quantitative estimate of drug-likeness (QED) is 0.716. The molecule has 0 radical (unpaired) electrons. The molecule has 0 aromatic carbocycles. The fraction of sp³-hybridized carbons (Fsp3) is 0.727. The fourth-order valence-electron chi connectivity index (χ4n) is 1.49. The predicted octanol–water partition coefficient (Wildman–Crippen LogP) is 1.44. The normalized spacial score (nSPS) is 14.5. The number of carboxylic acid groups (broad SMARTS) is 1. The molecule has 0 spiro atoms. The second kappa shape index (κ2) is 7.01. The average molecular weight is 241 g/mol. The Kier molecular flexibility index (Phi) is 5.62. The van der Waals surface area contributed by atoms with Gasteiger partial charge in [0.2, 0.25) is 5.89 Å². The molecule has 0 aliphatic heterocycles. The lowest BCUT2D eigenvalue weighted by Crippen LogP contribution is -2.25. The van der Waals surface area contributed by atoms with E-state index in [-0.39, 0.29) is 5.92 Å². The van der Waals surface area contributed by atoms with Gasteiger partial charge in [-0.1, -0.05) is 18.5 Å². The molecule has 0 bridgehead atoms. The van der Waals surface area contributed by atoms with Gasteiger partial charge < -0.3 is 14.9 Å². The van der Waals surface area contributed by atoms with Gasteiger partial charge >= 0.3 is 5.97 Å². The fourth-order valence-corrected chi connectivity index (χ4v) is 1.49. The van der Waals surface area contributed by atoms with Gasteiger partial charge in [0.25, 0.3) is 0 Å². The molecular weight excluding hydrogens is 222 g/mol. The maximum Gasteiger partial charge on any atom is 0.306 e. The molecule has 0 aliphatic carbocycles. The van der Waals surface area contributed by atoms with E-state index < -0.39 is 5.97 Å². The standard InChI is InChI=1S/C11H19N3O3/c1-8(11(15)16)4-3-5-9(2)12-6-10-13-7-14-17-10/h7-9,12H,3-6H2,1-2H3,(H,15,16). The first-order valence-electron chi connectivity index (χ1n) is 5.81. The molecule has 17 heavy (non-hydrogen) atoms. The summed E-state index contributed by atoms with van der Waals surface area (Å²) in [4.78, 5) is 14.5. The number of hydrogen-bond donors (Lipinski definition) is 2. The highest BCUT2D eigenvalue weighted by molar-refractivity contribution is 5.69. The van der Waals surface area contributed by atoms with Gasteiger partial charge in [-0.3, -0.25) is 4.79 Å². The zero-order valence-corrected chi connectivity index (χ0v) is 10.2. The second-order valence-electron chi connectivity index (χ2n) is 4.29. The van der Waals surface area contributed by atoms with Crippen molar-refractivity contribution in [2.75, 3.05) is 0 Å². The van der Waals surface area contributed by atoms with Crippen molar-refractivity contribution in [1.82, 2.24) is 15.5 Å². The molecule has 1 aromatic heterocycles. The Morgan fingerprint density at radius 1 is 1.53 bits per heavy atom. The summed E-state index contributed by atoms with van der Waals surface area (Å²) in [6.07, 6.45) is 3.91. The van der Waals surface area contributed by atoms with Crippen LogP contribution in [0.5, 0.6) is 0 Å². The Morgan fingerprint density at radius 3 is 2.88 bits per heavy atom. The van der Waals surface area contributed by atoms with Gasteiger partial charge in [0.05, 0.1) is 12.5 Å². The third-order valence-electron chi connectivity index (χ3n) is 2.70. The van der Waals surface area contributed by atoms with E-state index in [1.807, 2.05) is 0 Å². The van der Waals surface area contributed by atoms with Crippen molar-refractivity contribution in [2.24, 2.45) is 5.92 Å². The first kappa shape index (κ1) is 13.6. The molecule has 0 fully saturated rings. The lowest BCUT2D eigenvalue weighted by atomic mass is 10.0. The summed E-state index contributed by atoms with van der Waals surface area (Å²) in [7, 11) is 0. The molecule has 6 heteroatoms. The third-order valence-corrected chi connectivity index (χ3v) is 2.70. The van der Waals surface area contributed by atoms with E-state index >= 15 is 0 Å². The van der Waals surface area contributed by atoms with Crippen LogP contribution < -0.4 is 5.32 Å². The molecule has 0 saturated heterocycles. The third kappa shape index (κ3) is 5.44. The second-order valence-corrected chi connectivity index (χ2v) is 4.29. The monoisotopic (exact) mass is 241 g/mol. The van der Waals surface area contributed by atoms with Crippen molar-refractivity contribution < 1.29 is 14.4 Å². The van der Waals surface area contributed by atoms with E-state index in [0.717, 1.165) is 12.8 Å². The van der Waals surface area contributed by atoms with Crippen molar-refractivity contribution in [3.05, 3.63) is 12.2 Å². The number of carboxylic acids is 1. The minimum atomic E-state index is -0.725. The molecule has 2 N–H and O–H groups in total. The summed E-state index contributed by atoms with van der Waals surface area (Å²) in [6, 6.07) is 0.308. The Balaban J connectivity index is 2.09. The Morgan fingerprint density at radius 2 is 2.29 bits per heavy atom. The van der Waals surface area contributed by atoms with E-state index in [1.165, 1.54) is 6.33 Å². The lowest BCUT2D eigenvalue weighted by Gasteiger charge is -2.12. The van der Waals surface area contributed by atoms with Crippen molar-refractivity contribution in [2.45, 2.75) is 45.7 Å². The van der Waals surface area contributed by atoms with E-state index in [1.54, 1.807) is 6.92 Å². The van der Waals surface area contributed by atoms with Crippen LogP contribution in [0.2, 0.25) is 0 Å². The summed E-state index contributed by atoms with van der Waals surface area (Å²) >= 11 is 0. The molecule has 2 unspecified atom stereocenters. The zero-order chi connectivity index (χ0) is 12.7. The summed E-state index contributed by atoms with van der Waals surface area (Å²) in [5, 5.41) is 15.5. The van der Waals surface area contributed by atoms with Gasteiger partial charge in [-0.15, -0.1) is 0 Å². The van der Waals surface area contributed by atoms with Crippen LogP contribution in [0, 0.1) is 5.92 Å². The highest BCUT2D eigenvalue weighted by atomic mass is 16.5. The van der Waals surface area contributed by atoms with Crippen LogP contribution in [0.15, 0.2) is 10.9 Å². The Hall–Kier alpha value is -1.43. The Bertz CT molecular complexity index is 327. The number of aliphatic carboxylic acids is 1. The molecule has 2 atom stereocenters. The smallest absolute Gasteiger partial charge is 0.306 e. The van der Waals surface area contributed by atoms with E-state index in [0.29, 0.717) is 24.9 Å². The summed E-state index contributed by atoms with van der Waals surface area (Å²) in [6.45, 7) is 4.34. The summed E-state index contributed by atoms with van der Waals surface area (Å²) < 4.78 is 4.86. The number of rotatable bonds is 8. The van der Waals surface area contributed by atoms with Crippen LogP contribution in [0.4, 0.5) is 0 Å². The minimum absolute atomic E-state index is 0.266. The topological polar surface area (TPSA) is 88.2 Å². The number of hydrogen-bond acceptors (Lipinski definition) is 5. The predicted molar refractivity (Wildman–Crippen MR) is 61.3 cm³/mol. The lowest BCUT2D eigenvalue weighted by molar-refractivity contribution is -0.141. The maximum absolute atomic E-state index is 10.6. The molecular formula is C11H19N3O3. The SMILES string of the molecule is CC(CCCC(C)C(=O)O)NCc1ncno1. The van der Waals surface area contributed by atoms with Crippen LogP contribution in [0.25, 0.3) is 0 Å². The average Bonchev–Trinajstić information content (AvgIpc) is 2.78. The van der Waals surface area contributed by atoms with Crippen molar-refractivity contribution >= 4 is 5.97 Å². The van der Waals surface area contributed by atoms with Crippen LogP contribution in [-0.2, 0) is 11.3 Å². The minimum Gasteiger partial charge on any atom is -0.481 e. The number of nitrogens with zero attached hydrogens (tertiary/aromatic N) is 2. The molecule has 1 aromatic rings. The van der Waals surface area contributed by atoms with Crippen LogP contribution in [0.3, 0.4) is 0 Å². The molecule has 1 rings (SSSR count). The van der Waals surface area contributed by atoms with Crippen molar-refractivity contribution in [3.63, 3.8) is 0 Å². The first-order chi connectivity index (χ1) is 8.09. The van der Waals surface area contributed by atoms with E-state index in [2.05, 4.69) is 22.4 Å². The van der Waals surface area contributed by atoms with E-state index in [9.17, 15) is 4.79 Å². The van der Waals surface area contributed by atoms with Gasteiger partial charge in [0.15, 0.2) is 6.33 Å². The van der Waals surface area contributed by atoms with Gasteiger partial charge in [0, 0.05) is 6.04 Å². The van der Waals surface area contributed by atoms with Crippen molar-refractivity contribution in [3.8, 4) is 0 Å². The van der Waals surface area contributed by atoms with Gasteiger partial charge in [-0.25, -0.2) is 0 Å². The van der Waals surface area contributed by atoms with E-state index in [4.69, 9.17) is 9.63 Å². The number of nitrogens with one attached hydrogen (secondary N) is 1. The zero-order valence-electron chi connectivity index (χ0n) is 10.2. The maximum atomic E-state index is 10.6. The largest absolute Gasteiger partial charge is 0.481 e. The highest BCUT2D eigenvalue weighted by Gasteiger charge is 2.11. The van der Waals surface area contributed by atoms with Gasteiger partial charge in [-0.2, -0.15) is 4.98 Å². The first-order valence-corrected chi connectivity index (χ1v) is 5.81. The van der Waals surface area contributed by atoms with Crippen LogP contribution in [0.1, 0.15) is 39.0 Å². The Labute approximate surface area is 100 Å². The van der Waals surface area contributed by atoms with Gasteiger partial charge in [0.1, 0.15) is 0 Å². The summed E-state index contributed by atoms with van der Waals surface area (Å²) in [5.74, 6) is -0.426. The molecule has 1 heterocycles. The molecule has 0 amide bonds. The van der Waals surface area contributed by atoms with Crippen LogP contribution in [-0.4, -0.2) is 27.3 Å².